The van der Waals surface area contributed by atoms with Crippen LogP contribution in [0, 0.1) is 17.6 Å². The molecule has 2 bridgehead atoms. The van der Waals surface area contributed by atoms with Crippen LogP contribution in [0.25, 0.3) is 0 Å². The summed E-state index contributed by atoms with van der Waals surface area (Å²) in [6.07, 6.45) is 5.26. The van der Waals surface area contributed by atoms with Gasteiger partial charge in [-0.2, -0.15) is 0 Å². The summed E-state index contributed by atoms with van der Waals surface area (Å²) in [6.45, 7) is 0. The summed E-state index contributed by atoms with van der Waals surface area (Å²) in [4.78, 5) is 0. The quantitative estimate of drug-likeness (QED) is 0.777. The minimum atomic E-state index is -1.24. The van der Waals surface area contributed by atoms with E-state index in [9.17, 15) is 13.9 Å². The number of halogens is 2. The lowest BCUT2D eigenvalue weighted by atomic mass is 9.75. The number of fused-ring (bicyclic) bond motifs is 2. The number of rotatable bonds is 4. The zero-order chi connectivity index (χ0) is 19.2. The first-order valence-corrected chi connectivity index (χ1v) is 9.87. The topological polar surface area (TPSA) is 20.2 Å². The van der Waals surface area contributed by atoms with E-state index in [1.165, 1.54) is 37.1 Å². The normalized spacial score (nSPS) is 26.9. The lowest BCUT2D eigenvalue weighted by molar-refractivity contribution is -0.931. The highest BCUT2D eigenvalue weighted by atomic mass is 19.1. The minimum absolute atomic E-state index is 0.324. The molecule has 2 aromatic carbocycles. The van der Waals surface area contributed by atoms with Crippen LogP contribution in [0.1, 0.15) is 43.2 Å². The van der Waals surface area contributed by atoms with Gasteiger partial charge in [-0.1, -0.05) is 24.3 Å². The Hall–Kier alpha value is -1.78. The van der Waals surface area contributed by atoms with Crippen molar-refractivity contribution in [2.24, 2.45) is 5.92 Å². The van der Waals surface area contributed by atoms with E-state index in [1.807, 2.05) is 0 Å². The molecule has 2 nitrogen and oxygen atoms in total. The molecular formula is C23H28F2NO+. The van der Waals surface area contributed by atoms with Crippen LogP contribution in [-0.2, 0) is 5.60 Å². The molecule has 0 spiro atoms. The number of hydrogen-bond acceptors (Lipinski definition) is 1. The van der Waals surface area contributed by atoms with Crippen LogP contribution in [0.5, 0.6) is 0 Å². The SMILES string of the molecule is C[N+]1(C)[C@H]2CC[C@H]1CC(CC(O)(c1ccc(F)cc1)c1ccc(F)cc1)C2. The van der Waals surface area contributed by atoms with E-state index in [2.05, 4.69) is 14.1 Å². The predicted octanol–water partition coefficient (Wildman–Crippen LogP) is 4.61. The molecular weight excluding hydrogens is 344 g/mol. The molecule has 0 amide bonds. The summed E-state index contributed by atoms with van der Waals surface area (Å²) in [5.41, 5.74) is 0.101. The Kier molecular flexibility index (Phi) is 4.59. The first-order valence-electron chi connectivity index (χ1n) is 9.87. The van der Waals surface area contributed by atoms with Crippen molar-refractivity contribution in [3.8, 4) is 0 Å². The third-order valence-corrected chi connectivity index (χ3v) is 7.15. The van der Waals surface area contributed by atoms with Crippen molar-refractivity contribution in [1.82, 2.24) is 0 Å². The Labute approximate surface area is 160 Å². The number of aliphatic hydroxyl groups is 1. The molecule has 1 N–H and O–H groups in total. The fraction of sp³-hybridized carbons (Fsp3) is 0.478. The Bertz CT molecular complexity index is 739. The van der Waals surface area contributed by atoms with E-state index in [-0.39, 0.29) is 11.6 Å². The van der Waals surface area contributed by atoms with Gasteiger partial charge < -0.3 is 9.59 Å². The van der Waals surface area contributed by atoms with Gasteiger partial charge in [0.15, 0.2) is 0 Å². The minimum Gasteiger partial charge on any atom is -0.380 e. The smallest absolute Gasteiger partial charge is 0.123 e. The van der Waals surface area contributed by atoms with Gasteiger partial charge in [0.05, 0.1) is 26.2 Å². The average molecular weight is 372 g/mol. The van der Waals surface area contributed by atoms with Gasteiger partial charge in [0.25, 0.3) is 0 Å². The molecule has 0 radical (unpaired) electrons. The number of benzene rings is 2. The molecule has 27 heavy (non-hydrogen) atoms. The molecule has 144 valence electrons. The Morgan fingerprint density at radius 2 is 1.26 bits per heavy atom. The van der Waals surface area contributed by atoms with Gasteiger partial charge in [0.1, 0.15) is 17.2 Å². The van der Waals surface area contributed by atoms with E-state index in [0.717, 1.165) is 17.3 Å². The standard InChI is InChI=1S/C23H28F2NO/c1-26(2)21-11-12-22(26)14-16(13-21)15-23(27,17-3-7-19(24)8-4-17)18-5-9-20(25)10-6-18/h3-10,16,21-22,27H,11-15H2,1-2H3/q+1/t21-,22-/m0/s1. The van der Waals surface area contributed by atoms with Gasteiger partial charge in [0, 0.05) is 25.7 Å². The van der Waals surface area contributed by atoms with Crippen molar-refractivity contribution in [3.05, 3.63) is 71.3 Å². The summed E-state index contributed by atoms with van der Waals surface area (Å²) in [5, 5.41) is 11.8. The molecule has 2 atom stereocenters. The van der Waals surface area contributed by atoms with Crippen molar-refractivity contribution in [1.29, 1.82) is 0 Å². The van der Waals surface area contributed by atoms with Crippen molar-refractivity contribution in [3.63, 3.8) is 0 Å². The average Bonchev–Trinajstić information content (AvgIpc) is 2.80. The molecule has 4 rings (SSSR count). The highest BCUT2D eigenvalue weighted by Gasteiger charge is 2.50. The number of quaternary nitrogens is 1. The van der Waals surface area contributed by atoms with Crippen LogP contribution in [0.15, 0.2) is 48.5 Å². The molecule has 2 aliphatic heterocycles. The summed E-state index contributed by atoms with van der Waals surface area (Å²) in [6, 6.07) is 13.4. The van der Waals surface area contributed by atoms with Gasteiger partial charge in [-0.3, -0.25) is 0 Å². The predicted molar refractivity (Wildman–Crippen MR) is 102 cm³/mol. The second-order valence-electron chi connectivity index (χ2n) is 8.93. The van der Waals surface area contributed by atoms with Gasteiger partial charge in [-0.15, -0.1) is 0 Å². The number of hydrogen-bond donors (Lipinski definition) is 1. The molecule has 2 fully saturated rings. The summed E-state index contributed by atoms with van der Waals surface area (Å²) in [7, 11) is 4.65. The zero-order valence-electron chi connectivity index (χ0n) is 16.0. The van der Waals surface area contributed by atoms with Crippen molar-refractivity contribution < 1.29 is 18.4 Å². The second kappa shape index (κ2) is 6.68. The van der Waals surface area contributed by atoms with Crippen LogP contribution in [0.2, 0.25) is 0 Å². The first kappa shape index (κ1) is 18.6. The maximum absolute atomic E-state index is 13.5. The van der Waals surface area contributed by atoms with Crippen LogP contribution >= 0.6 is 0 Å². The van der Waals surface area contributed by atoms with Gasteiger partial charge >= 0.3 is 0 Å². The molecule has 0 aromatic heterocycles. The van der Waals surface area contributed by atoms with Crippen LogP contribution in [-0.4, -0.2) is 35.8 Å². The zero-order valence-corrected chi connectivity index (χ0v) is 16.0. The largest absolute Gasteiger partial charge is 0.380 e. The van der Waals surface area contributed by atoms with Crippen LogP contribution in [0.3, 0.4) is 0 Å². The Morgan fingerprint density at radius 3 is 1.67 bits per heavy atom. The molecule has 2 aromatic rings. The fourth-order valence-corrected chi connectivity index (χ4v) is 5.43. The molecule has 0 unspecified atom stereocenters. The highest BCUT2D eigenvalue weighted by Crippen LogP contribution is 2.47. The maximum Gasteiger partial charge on any atom is 0.123 e. The van der Waals surface area contributed by atoms with Crippen LogP contribution < -0.4 is 0 Å². The molecule has 2 aliphatic rings. The van der Waals surface area contributed by atoms with E-state index in [4.69, 9.17) is 0 Å². The third-order valence-electron chi connectivity index (χ3n) is 7.15. The highest BCUT2D eigenvalue weighted by molar-refractivity contribution is 5.36. The molecule has 0 saturated carbocycles. The molecule has 2 saturated heterocycles. The summed E-state index contributed by atoms with van der Waals surface area (Å²) < 4.78 is 28.0. The Balaban J connectivity index is 1.67. The lowest BCUT2D eigenvalue weighted by Crippen LogP contribution is -2.55. The molecule has 0 aliphatic carbocycles. The summed E-state index contributed by atoms with van der Waals surface area (Å²) in [5.74, 6) is -0.251. The van der Waals surface area contributed by atoms with Crippen molar-refractivity contribution in [2.45, 2.75) is 49.8 Å². The van der Waals surface area contributed by atoms with Gasteiger partial charge in [-0.05, 0) is 47.7 Å². The van der Waals surface area contributed by atoms with Gasteiger partial charge in [0.2, 0.25) is 0 Å². The van der Waals surface area contributed by atoms with E-state index in [0.29, 0.717) is 35.5 Å². The maximum atomic E-state index is 13.5. The lowest BCUT2D eigenvalue weighted by Gasteiger charge is -2.46. The van der Waals surface area contributed by atoms with E-state index >= 15 is 0 Å². The van der Waals surface area contributed by atoms with Crippen LogP contribution in [0.4, 0.5) is 8.78 Å². The fourth-order valence-electron chi connectivity index (χ4n) is 5.43. The number of piperidine rings is 1. The monoisotopic (exact) mass is 372 g/mol. The first-order chi connectivity index (χ1) is 12.8. The van der Waals surface area contributed by atoms with Gasteiger partial charge in [-0.25, -0.2) is 8.78 Å². The summed E-state index contributed by atoms with van der Waals surface area (Å²) >= 11 is 0. The third kappa shape index (κ3) is 3.30. The molecule has 2 heterocycles. The molecule has 4 heteroatoms. The van der Waals surface area contributed by atoms with E-state index in [1.54, 1.807) is 24.3 Å². The Morgan fingerprint density at radius 1 is 0.852 bits per heavy atom. The van der Waals surface area contributed by atoms with Crippen molar-refractivity contribution >= 4 is 0 Å². The number of nitrogens with zero attached hydrogens (tertiary/aromatic N) is 1. The van der Waals surface area contributed by atoms with E-state index < -0.39 is 5.60 Å². The second-order valence-corrected chi connectivity index (χ2v) is 8.93. The van der Waals surface area contributed by atoms with Crippen molar-refractivity contribution in [2.75, 3.05) is 14.1 Å².